The molecule has 7 nitrogen and oxygen atoms in total. The lowest BCUT2D eigenvalue weighted by molar-refractivity contribution is 0.556. The number of hydrogen-bond donors (Lipinski definition) is 1. The summed E-state index contributed by atoms with van der Waals surface area (Å²) in [7, 11) is 0. The highest BCUT2D eigenvalue weighted by molar-refractivity contribution is 7.98. The number of hydrogen-bond acceptors (Lipinski definition) is 6. The highest BCUT2D eigenvalue weighted by Crippen LogP contribution is 2.29. The van der Waals surface area contributed by atoms with Crippen LogP contribution in [0.1, 0.15) is 11.5 Å². The Morgan fingerprint density at radius 1 is 1.18 bits per heavy atom. The fraction of sp³-hybridized carbons (Fsp3) is 0.100. The van der Waals surface area contributed by atoms with Crippen molar-refractivity contribution in [3.8, 4) is 5.69 Å². The summed E-state index contributed by atoms with van der Waals surface area (Å²) in [5.74, 6) is 1.05. The van der Waals surface area contributed by atoms with E-state index < -0.39 is 0 Å². The molecule has 5 aromatic rings. The van der Waals surface area contributed by atoms with Gasteiger partial charge in [0.15, 0.2) is 11.2 Å². The number of aryl methyl sites for hydroxylation is 1. The average molecular weight is 389 g/mol. The molecule has 0 spiro atoms. The number of benzene rings is 2. The summed E-state index contributed by atoms with van der Waals surface area (Å²) in [6, 6.07) is 15.5. The Balaban J connectivity index is 1.54. The Kier molecular flexibility index (Phi) is 3.98. The minimum Gasteiger partial charge on any atom is -0.440 e. The first-order chi connectivity index (χ1) is 13.7. The van der Waals surface area contributed by atoms with Gasteiger partial charge in [-0.3, -0.25) is 4.79 Å². The maximum Gasteiger partial charge on any atom is 0.263 e. The molecule has 2 aromatic carbocycles. The molecule has 3 aromatic heterocycles. The fourth-order valence-electron chi connectivity index (χ4n) is 3.06. The summed E-state index contributed by atoms with van der Waals surface area (Å²) in [6.07, 6.45) is 1.39. The Hall–Kier alpha value is -3.39. The van der Waals surface area contributed by atoms with Gasteiger partial charge in [-0.05, 0) is 36.8 Å². The molecule has 1 N–H and O–H groups in total. The van der Waals surface area contributed by atoms with Crippen molar-refractivity contribution in [3.63, 3.8) is 0 Å². The van der Waals surface area contributed by atoms with Crippen molar-refractivity contribution in [2.75, 3.05) is 0 Å². The van der Waals surface area contributed by atoms with E-state index in [9.17, 15) is 4.79 Å². The quantitative estimate of drug-likeness (QED) is 0.470. The van der Waals surface area contributed by atoms with Crippen molar-refractivity contribution < 1.29 is 4.42 Å². The fourth-order valence-corrected chi connectivity index (χ4v) is 3.91. The van der Waals surface area contributed by atoms with Gasteiger partial charge in [0.1, 0.15) is 15.9 Å². The van der Waals surface area contributed by atoms with E-state index in [1.54, 1.807) is 4.68 Å². The van der Waals surface area contributed by atoms with Crippen molar-refractivity contribution in [2.45, 2.75) is 17.7 Å². The van der Waals surface area contributed by atoms with Crippen LogP contribution in [-0.4, -0.2) is 24.7 Å². The summed E-state index contributed by atoms with van der Waals surface area (Å²) in [5, 5.41) is 5.68. The van der Waals surface area contributed by atoms with E-state index in [1.165, 1.54) is 18.1 Å². The summed E-state index contributed by atoms with van der Waals surface area (Å²) >= 11 is 1.40. The topological polar surface area (TPSA) is 89.6 Å². The maximum absolute atomic E-state index is 12.4. The van der Waals surface area contributed by atoms with Crippen LogP contribution in [0, 0.1) is 6.92 Å². The van der Waals surface area contributed by atoms with Gasteiger partial charge >= 0.3 is 0 Å². The van der Waals surface area contributed by atoms with Crippen LogP contribution in [0.4, 0.5) is 0 Å². The summed E-state index contributed by atoms with van der Waals surface area (Å²) in [6.45, 7) is 2.02. The van der Waals surface area contributed by atoms with Crippen molar-refractivity contribution in [1.29, 1.82) is 0 Å². The van der Waals surface area contributed by atoms with Crippen molar-refractivity contribution in [1.82, 2.24) is 24.7 Å². The molecule has 3 heterocycles. The number of aromatic nitrogens is 5. The van der Waals surface area contributed by atoms with E-state index in [4.69, 9.17) is 4.42 Å². The van der Waals surface area contributed by atoms with E-state index >= 15 is 0 Å². The Morgan fingerprint density at radius 2 is 2.04 bits per heavy atom. The highest BCUT2D eigenvalue weighted by atomic mass is 32.2. The lowest BCUT2D eigenvalue weighted by atomic mass is 10.2. The standard InChI is InChI=1S/C20H15N5O2S/c1-12-7-8-15-14(9-12)23-16(27-15)10-28-20-17-18(21-11-22-19(17)26)25(24-20)13-5-3-2-4-6-13/h2-9,11H,10H2,1H3,(H,21,22,26). The first kappa shape index (κ1) is 16.8. The van der Waals surface area contributed by atoms with E-state index in [1.807, 2.05) is 55.5 Å². The molecule has 138 valence electrons. The number of oxazole rings is 1. The predicted octanol–water partition coefficient (Wildman–Crippen LogP) is 3.85. The van der Waals surface area contributed by atoms with Gasteiger partial charge in [0.05, 0.1) is 17.8 Å². The number of fused-ring (bicyclic) bond motifs is 2. The number of nitrogens with zero attached hydrogens (tertiary/aromatic N) is 4. The first-order valence-corrected chi connectivity index (χ1v) is 9.68. The largest absolute Gasteiger partial charge is 0.440 e. The molecule has 0 unspecified atom stereocenters. The summed E-state index contributed by atoms with van der Waals surface area (Å²) in [5.41, 5.74) is 3.85. The van der Waals surface area contributed by atoms with Crippen LogP contribution < -0.4 is 5.56 Å². The van der Waals surface area contributed by atoms with E-state index in [0.717, 1.165) is 22.4 Å². The second-order valence-corrected chi connectivity index (χ2v) is 7.31. The normalized spacial score (nSPS) is 11.5. The number of thioether (sulfide) groups is 1. The molecule has 8 heteroatoms. The zero-order chi connectivity index (χ0) is 19.1. The van der Waals surface area contributed by atoms with Gasteiger partial charge in [0.2, 0.25) is 5.89 Å². The van der Waals surface area contributed by atoms with Gasteiger partial charge in [-0.15, -0.1) is 0 Å². The van der Waals surface area contributed by atoms with E-state index in [0.29, 0.717) is 27.7 Å². The molecular weight excluding hydrogens is 374 g/mol. The molecule has 0 saturated heterocycles. The molecule has 0 saturated carbocycles. The van der Waals surface area contributed by atoms with Crippen LogP contribution in [0.15, 0.2) is 69.1 Å². The zero-order valence-corrected chi connectivity index (χ0v) is 15.7. The Morgan fingerprint density at radius 3 is 2.89 bits per heavy atom. The monoisotopic (exact) mass is 389 g/mol. The third-order valence-corrected chi connectivity index (χ3v) is 5.31. The second-order valence-electron chi connectivity index (χ2n) is 6.35. The number of nitrogens with one attached hydrogen (secondary N) is 1. The van der Waals surface area contributed by atoms with Crippen LogP contribution in [-0.2, 0) is 5.75 Å². The van der Waals surface area contributed by atoms with Crippen molar-refractivity contribution in [3.05, 3.63) is 76.7 Å². The second kappa shape index (κ2) is 6.65. The molecule has 0 aliphatic heterocycles. The van der Waals surface area contributed by atoms with Crippen LogP contribution >= 0.6 is 11.8 Å². The van der Waals surface area contributed by atoms with Gasteiger partial charge in [0, 0.05) is 0 Å². The van der Waals surface area contributed by atoms with Gasteiger partial charge in [0.25, 0.3) is 5.56 Å². The lowest BCUT2D eigenvalue weighted by Crippen LogP contribution is -2.07. The van der Waals surface area contributed by atoms with Gasteiger partial charge in [-0.25, -0.2) is 14.6 Å². The van der Waals surface area contributed by atoms with Crippen LogP contribution in [0.2, 0.25) is 0 Å². The Bertz CT molecular complexity index is 1350. The predicted molar refractivity (Wildman–Crippen MR) is 108 cm³/mol. The molecule has 0 radical (unpaired) electrons. The lowest BCUT2D eigenvalue weighted by Gasteiger charge is -2.00. The number of H-pyrrole nitrogens is 1. The minimum absolute atomic E-state index is 0.220. The first-order valence-electron chi connectivity index (χ1n) is 8.70. The van der Waals surface area contributed by atoms with Crippen LogP contribution in [0.3, 0.4) is 0 Å². The molecule has 0 amide bonds. The van der Waals surface area contributed by atoms with Gasteiger partial charge in [-0.1, -0.05) is 36.0 Å². The highest BCUT2D eigenvalue weighted by Gasteiger charge is 2.18. The molecule has 0 aliphatic carbocycles. The third-order valence-electron chi connectivity index (χ3n) is 4.36. The zero-order valence-electron chi connectivity index (χ0n) is 14.9. The van der Waals surface area contributed by atoms with Crippen LogP contribution in [0.5, 0.6) is 0 Å². The molecule has 0 bridgehead atoms. The minimum atomic E-state index is -0.220. The van der Waals surface area contributed by atoms with E-state index in [-0.39, 0.29) is 5.56 Å². The van der Waals surface area contributed by atoms with Gasteiger partial charge < -0.3 is 9.40 Å². The average Bonchev–Trinajstić information content (AvgIpc) is 3.28. The number of aromatic amines is 1. The SMILES string of the molecule is Cc1ccc2oc(CSc3nn(-c4ccccc4)c4nc[nH]c(=O)c34)nc2c1. The molecule has 28 heavy (non-hydrogen) atoms. The van der Waals surface area contributed by atoms with Crippen LogP contribution in [0.25, 0.3) is 27.8 Å². The summed E-state index contributed by atoms with van der Waals surface area (Å²) in [4.78, 5) is 23.9. The Labute approximate surface area is 163 Å². The molecule has 0 fully saturated rings. The molecule has 0 aliphatic rings. The number of rotatable bonds is 4. The van der Waals surface area contributed by atoms with E-state index in [2.05, 4.69) is 20.1 Å². The number of para-hydroxylation sites is 1. The molecular formula is C20H15N5O2S. The smallest absolute Gasteiger partial charge is 0.263 e. The van der Waals surface area contributed by atoms with Crippen molar-refractivity contribution in [2.24, 2.45) is 0 Å². The molecule has 5 rings (SSSR count). The van der Waals surface area contributed by atoms with Gasteiger partial charge in [-0.2, -0.15) is 5.10 Å². The summed E-state index contributed by atoms with van der Waals surface area (Å²) < 4.78 is 7.49. The van der Waals surface area contributed by atoms with Crippen molar-refractivity contribution >= 4 is 33.9 Å². The third kappa shape index (κ3) is 2.87. The molecule has 0 atom stereocenters. The maximum atomic E-state index is 12.4.